The standard InChI is InChI=1S/C20H20ClN3O5S2/c1-12-18(13-5-8-15(28-3)9-6-13)22-20(30-12)23-19(25)14-7-10-16(21)17(11-14)31(26,27)24(2)29-4/h5-11H,1-4H3,(H,22,23,25). The molecule has 1 N–H and O–H groups in total. The Hall–Kier alpha value is -2.50. The van der Waals surface area contributed by atoms with Gasteiger partial charge in [0.1, 0.15) is 10.6 Å². The summed E-state index contributed by atoms with van der Waals surface area (Å²) in [4.78, 5) is 22.7. The van der Waals surface area contributed by atoms with Gasteiger partial charge in [0.2, 0.25) is 0 Å². The molecule has 3 aromatic rings. The quantitative estimate of drug-likeness (QED) is 0.507. The second-order valence-corrected chi connectivity index (χ2v) is 9.86. The van der Waals surface area contributed by atoms with Gasteiger partial charge in [-0.05, 0) is 49.4 Å². The number of anilines is 1. The van der Waals surface area contributed by atoms with Gasteiger partial charge in [-0.3, -0.25) is 14.9 Å². The number of aromatic nitrogens is 1. The maximum atomic E-state index is 12.7. The molecule has 0 unspecified atom stereocenters. The molecule has 11 heteroatoms. The third kappa shape index (κ3) is 4.89. The third-order valence-electron chi connectivity index (χ3n) is 4.45. The Bertz CT molecular complexity index is 1210. The average molecular weight is 482 g/mol. The van der Waals surface area contributed by atoms with Crippen LogP contribution in [0.5, 0.6) is 5.75 Å². The number of hydroxylamine groups is 1. The molecule has 0 aliphatic carbocycles. The monoisotopic (exact) mass is 481 g/mol. The maximum absolute atomic E-state index is 12.7. The number of carbonyl (C=O) groups excluding carboxylic acids is 1. The van der Waals surface area contributed by atoms with Crippen LogP contribution in [-0.4, -0.2) is 45.0 Å². The van der Waals surface area contributed by atoms with Gasteiger partial charge in [0.05, 0.1) is 24.9 Å². The van der Waals surface area contributed by atoms with Crippen LogP contribution in [0.25, 0.3) is 11.3 Å². The summed E-state index contributed by atoms with van der Waals surface area (Å²) in [5.41, 5.74) is 1.74. The summed E-state index contributed by atoms with van der Waals surface area (Å²) in [6, 6.07) is 11.4. The van der Waals surface area contributed by atoms with Crippen LogP contribution < -0.4 is 10.1 Å². The van der Waals surface area contributed by atoms with Crippen LogP contribution in [0.4, 0.5) is 5.13 Å². The van der Waals surface area contributed by atoms with Gasteiger partial charge in [0.25, 0.3) is 15.9 Å². The van der Waals surface area contributed by atoms with E-state index < -0.39 is 15.9 Å². The number of amides is 1. The number of benzene rings is 2. The van der Waals surface area contributed by atoms with E-state index in [2.05, 4.69) is 10.3 Å². The van der Waals surface area contributed by atoms with E-state index in [1.807, 2.05) is 31.2 Å². The maximum Gasteiger partial charge on any atom is 0.266 e. The summed E-state index contributed by atoms with van der Waals surface area (Å²) in [6.45, 7) is 1.90. The van der Waals surface area contributed by atoms with Crippen molar-refractivity contribution in [1.82, 2.24) is 9.45 Å². The molecule has 0 aliphatic rings. The number of aryl methyl sites for hydroxylation is 1. The van der Waals surface area contributed by atoms with Gasteiger partial charge in [-0.25, -0.2) is 13.4 Å². The smallest absolute Gasteiger partial charge is 0.266 e. The minimum atomic E-state index is -4.02. The van der Waals surface area contributed by atoms with Crippen LogP contribution in [0.3, 0.4) is 0 Å². The Morgan fingerprint density at radius 2 is 1.84 bits per heavy atom. The lowest BCUT2D eigenvalue weighted by atomic mass is 10.1. The van der Waals surface area contributed by atoms with Crippen LogP contribution in [-0.2, 0) is 14.9 Å². The predicted molar refractivity (Wildman–Crippen MR) is 120 cm³/mol. The highest BCUT2D eigenvalue weighted by Gasteiger charge is 2.25. The summed E-state index contributed by atoms with van der Waals surface area (Å²) < 4.78 is 30.9. The molecule has 0 atom stereocenters. The van der Waals surface area contributed by atoms with E-state index in [9.17, 15) is 13.2 Å². The highest BCUT2D eigenvalue weighted by atomic mass is 35.5. The van der Waals surface area contributed by atoms with Crippen molar-refractivity contribution in [3.05, 3.63) is 57.9 Å². The van der Waals surface area contributed by atoms with E-state index in [0.717, 1.165) is 21.9 Å². The molecule has 1 aromatic heterocycles. The zero-order chi connectivity index (χ0) is 22.8. The fourth-order valence-electron chi connectivity index (χ4n) is 2.71. The van der Waals surface area contributed by atoms with Crippen molar-refractivity contribution in [2.24, 2.45) is 0 Å². The molecule has 0 bridgehead atoms. The van der Waals surface area contributed by atoms with Gasteiger partial charge < -0.3 is 4.74 Å². The Kier molecular flexibility index (Phi) is 6.97. The van der Waals surface area contributed by atoms with Crippen LogP contribution in [0.2, 0.25) is 5.02 Å². The van der Waals surface area contributed by atoms with E-state index in [0.29, 0.717) is 9.60 Å². The number of hydrogen-bond donors (Lipinski definition) is 1. The van der Waals surface area contributed by atoms with Crippen molar-refractivity contribution in [3.63, 3.8) is 0 Å². The van der Waals surface area contributed by atoms with Gasteiger partial charge >= 0.3 is 0 Å². The molecule has 1 amide bonds. The number of carbonyl (C=O) groups is 1. The van der Waals surface area contributed by atoms with E-state index in [1.54, 1.807) is 7.11 Å². The third-order valence-corrected chi connectivity index (χ3v) is 7.49. The summed E-state index contributed by atoms with van der Waals surface area (Å²) in [5, 5.41) is 3.08. The van der Waals surface area contributed by atoms with E-state index in [4.69, 9.17) is 21.2 Å². The largest absolute Gasteiger partial charge is 0.497 e. The zero-order valence-electron chi connectivity index (χ0n) is 17.2. The summed E-state index contributed by atoms with van der Waals surface area (Å²) in [7, 11) is 0.0267. The molecule has 0 spiro atoms. The molecule has 8 nitrogen and oxygen atoms in total. The molecule has 0 fully saturated rings. The van der Waals surface area contributed by atoms with Crippen LogP contribution in [0, 0.1) is 6.92 Å². The number of thiazole rings is 1. The fourth-order valence-corrected chi connectivity index (χ4v) is 5.02. The Morgan fingerprint density at radius 3 is 2.45 bits per heavy atom. The van der Waals surface area contributed by atoms with Crippen molar-refractivity contribution >= 4 is 44.0 Å². The number of nitrogens with one attached hydrogen (secondary N) is 1. The zero-order valence-corrected chi connectivity index (χ0v) is 19.6. The number of halogens is 1. The van der Waals surface area contributed by atoms with Crippen molar-refractivity contribution in [1.29, 1.82) is 0 Å². The van der Waals surface area contributed by atoms with Crippen molar-refractivity contribution in [3.8, 4) is 17.0 Å². The molecule has 31 heavy (non-hydrogen) atoms. The molecular formula is C20H20ClN3O5S2. The minimum Gasteiger partial charge on any atom is -0.497 e. The summed E-state index contributed by atoms with van der Waals surface area (Å²) >= 11 is 7.36. The first kappa shape index (κ1) is 23.2. The minimum absolute atomic E-state index is 0.0210. The Labute approximate surface area is 189 Å². The molecular weight excluding hydrogens is 462 g/mol. The van der Waals surface area contributed by atoms with Gasteiger partial charge in [0, 0.05) is 23.1 Å². The van der Waals surface area contributed by atoms with Gasteiger partial charge in [-0.15, -0.1) is 11.3 Å². The predicted octanol–water partition coefficient (Wildman–Crippen LogP) is 4.21. The molecule has 3 rings (SSSR count). The first-order valence-electron chi connectivity index (χ1n) is 8.93. The highest BCUT2D eigenvalue weighted by Crippen LogP contribution is 2.32. The van der Waals surface area contributed by atoms with Gasteiger partial charge in [-0.2, -0.15) is 0 Å². The molecule has 2 aromatic carbocycles. The lowest BCUT2D eigenvalue weighted by molar-refractivity contribution is -0.0258. The first-order valence-corrected chi connectivity index (χ1v) is 11.6. The first-order chi connectivity index (χ1) is 14.7. The molecule has 0 saturated carbocycles. The molecule has 0 aliphatic heterocycles. The normalized spacial score (nSPS) is 11.5. The Morgan fingerprint density at radius 1 is 1.16 bits per heavy atom. The number of ether oxygens (including phenoxy) is 1. The van der Waals surface area contributed by atoms with E-state index in [1.165, 1.54) is 43.7 Å². The van der Waals surface area contributed by atoms with Crippen LogP contribution >= 0.6 is 22.9 Å². The number of methoxy groups -OCH3 is 1. The van der Waals surface area contributed by atoms with Gasteiger partial charge in [-0.1, -0.05) is 16.1 Å². The van der Waals surface area contributed by atoms with Crippen LogP contribution in [0.1, 0.15) is 15.2 Å². The fraction of sp³-hybridized carbons (Fsp3) is 0.200. The van der Waals surface area contributed by atoms with Gasteiger partial charge in [0.15, 0.2) is 5.13 Å². The van der Waals surface area contributed by atoms with E-state index >= 15 is 0 Å². The second-order valence-electron chi connectivity index (χ2n) is 6.35. The number of nitrogens with zero attached hydrogens (tertiary/aromatic N) is 2. The molecule has 164 valence electrons. The second kappa shape index (κ2) is 9.33. The lowest BCUT2D eigenvalue weighted by Crippen LogP contribution is -2.26. The topological polar surface area (TPSA) is 97.8 Å². The van der Waals surface area contributed by atoms with Crippen molar-refractivity contribution in [2.75, 3.05) is 26.6 Å². The lowest BCUT2D eigenvalue weighted by Gasteiger charge is -2.15. The van der Waals surface area contributed by atoms with Crippen molar-refractivity contribution < 1.29 is 22.8 Å². The van der Waals surface area contributed by atoms with E-state index in [-0.39, 0.29) is 15.5 Å². The summed E-state index contributed by atoms with van der Waals surface area (Å²) in [6.07, 6.45) is 0. The Balaban J connectivity index is 1.86. The number of sulfonamides is 1. The number of rotatable bonds is 7. The summed E-state index contributed by atoms with van der Waals surface area (Å²) in [5.74, 6) is 0.223. The molecule has 1 heterocycles. The number of hydrogen-bond acceptors (Lipinski definition) is 7. The molecule has 0 saturated heterocycles. The SMILES string of the molecule is COc1ccc(-c2nc(NC(=O)c3ccc(Cl)c(S(=O)(=O)N(C)OC)c3)sc2C)cc1. The van der Waals surface area contributed by atoms with Crippen LogP contribution in [0.15, 0.2) is 47.4 Å². The average Bonchev–Trinajstić information content (AvgIpc) is 3.12. The highest BCUT2D eigenvalue weighted by molar-refractivity contribution is 7.89. The van der Waals surface area contributed by atoms with Crippen molar-refractivity contribution in [2.45, 2.75) is 11.8 Å². The molecule has 0 radical (unpaired) electrons.